The molecule has 0 aliphatic rings. The van der Waals surface area contributed by atoms with Crippen molar-refractivity contribution in [2.75, 3.05) is 0 Å². The van der Waals surface area contributed by atoms with E-state index in [9.17, 15) is 20.3 Å². The molecule has 0 saturated carbocycles. The number of aromatic amines is 1. The van der Waals surface area contributed by atoms with Gasteiger partial charge in [-0.05, 0) is 36.4 Å². The van der Waals surface area contributed by atoms with Crippen molar-refractivity contribution in [1.82, 2.24) is 15.2 Å². The Balaban J connectivity index is 1.99. The highest BCUT2D eigenvalue weighted by Gasteiger charge is 2.16. The minimum Gasteiger partial charge on any atom is -0.508 e. The number of H-pyrrole nitrogens is 1. The monoisotopic (exact) mass is 298 g/mol. The molecule has 8 heteroatoms. The van der Waals surface area contributed by atoms with E-state index < -0.39 is 16.4 Å². The fourth-order valence-electron chi connectivity index (χ4n) is 1.95. The van der Waals surface area contributed by atoms with Crippen LogP contribution in [0.1, 0.15) is 0 Å². The smallest absolute Gasteiger partial charge is 0.311 e. The van der Waals surface area contributed by atoms with Gasteiger partial charge in [-0.2, -0.15) is 5.10 Å². The Morgan fingerprint density at radius 3 is 2.41 bits per heavy atom. The molecule has 0 aliphatic carbocycles. The molecule has 1 heterocycles. The van der Waals surface area contributed by atoms with Gasteiger partial charge in [-0.25, -0.2) is 4.98 Å². The minimum absolute atomic E-state index is 0.137. The molecule has 1 aromatic heterocycles. The average molecular weight is 298 g/mol. The van der Waals surface area contributed by atoms with Gasteiger partial charge in [-0.3, -0.25) is 15.2 Å². The maximum atomic E-state index is 10.8. The van der Waals surface area contributed by atoms with Crippen LogP contribution in [-0.4, -0.2) is 30.3 Å². The molecular weight excluding hydrogens is 288 g/mol. The van der Waals surface area contributed by atoms with Gasteiger partial charge in [0, 0.05) is 17.2 Å². The first-order chi connectivity index (χ1) is 10.5. The summed E-state index contributed by atoms with van der Waals surface area (Å²) in [7, 11) is 0. The molecule has 0 spiro atoms. The number of nitrogens with one attached hydrogen (secondary N) is 1. The lowest BCUT2D eigenvalue weighted by Gasteiger charge is -1.98. The number of phenols is 2. The first-order valence-corrected chi connectivity index (χ1v) is 6.24. The Labute approximate surface area is 123 Å². The zero-order valence-corrected chi connectivity index (χ0v) is 11.1. The number of benzene rings is 2. The van der Waals surface area contributed by atoms with E-state index in [4.69, 9.17) is 0 Å². The predicted octanol–water partition coefficient (Wildman–Crippen LogP) is 2.46. The van der Waals surface area contributed by atoms with Gasteiger partial charge in [-0.1, -0.05) is 0 Å². The maximum absolute atomic E-state index is 10.8. The van der Waals surface area contributed by atoms with Gasteiger partial charge in [-0.15, -0.1) is 0 Å². The number of nitrogens with zero attached hydrogens (tertiary/aromatic N) is 3. The van der Waals surface area contributed by atoms with Crippen molar-refractivity contribution in [3.05, 3.63) is 52.6 Å². The van der Waals surface area contributed by atoms with E-state index >= 15 is 0 Å². The summed E-state index contributed by atoms with van der Waals surface area (Å²) in [6.45, 7) is 0. The molecule has 0 fully saturated rings. The molecule has 0 unspecified atom stereocenters. The van der Waals surface area contributed by atoms with Crippen LogP contribution in [0.5, 0.6) is 11.5 Å². The van der Waals surface area contributed by atoms with E-state index in [2.05, 4.69) is 15.2 Å². The highest BCUT2D eigenvalue weighted by molar-refractivity contribution is 5.65. The molecule has 0 saturated heterocycles. The Morgan fingerprint density at radius 2 is 1.73 bits per heavy atom. The molecule has 3 aromatic rings. The van der Waals surface area contributed by atoms with Gasteiger partial charge in [0.05, 0.1) is 4.92 Å². The molecule has 0 radical (unpaired) electrons. The van der Waals surface area contributed by atoms with Gasteiger partial charge in [0.2, 0.25) is 0 Å². The summed E-state index contributed by atoms with van der Waals surface area (Å²) in [4.78, 5) is 14.4. The van der Waals surface area contributed by atoms with E-state index in [1.54, 1.807) is 12.1 Å². The number of aromatic hydroxyl groups is 2. The van der Waals surface area contributed by atoms with Gasteiger partial charge in [0.15, 0.2) is 17.4 Å². The fourth-order valence-corrected chi connectivity index (χ4v) is 1.95. The Bertz CT molecular complexity index is 842. The van der Waals surface area contributed by atoms with Crippen molar-refractivity contribution in [1.29, 1.82) is 0 Å². The van der Waals surface area contributed by atoms with E-state index in [1.165, 1.54) is 30.3 Å². The topological polar surface area (TPSA) is 125 Å². The summed E-state index contributed by atoms with van der Waals surface area (Å²) in [5.74, 6) is 0.456. The van der Waals surface area contributed by atoms with Gasteiger partial charge < -0.3 is 10.2 Å². The van der Waals surface area contributed by atoms with E-state index in [0.29, 0.717) is 17.0 Å². The van der Waals surface area contributed by atoms with Crippen LogP contribution in [0.3, 0.4) is 0 Å². The van der Waals surface area contributed by atoms with Crippen molar-refractivity contribution in [3.63, 3.8) is 0 Å². The molecule has 0 amide bonds. The van der Waals surface area contributed by atoms with Crippen molar-refractivity contribution in [2.45, 2.75) is 0 Å². The number of hydrogen-bond acceptors (Lipinski definition) is 6. The highest BCUT2D eigenvalue weighted by Crippen LogP contribution is 2.30. The quantitative estimate of drug-likeness (QED) is 0.503. The number of aromatic nitrogens is 3. The van der Waals surface area contributed by atoms with Crippen LogP contribution in [0.15, 0.2) is 42.5 Å². The van der Waals surface area contributed by atoms with Crippen LogP contribution in [0.4, 0.5) is 5.69 Å². The number of phenolic OH excluding ortho intramolecular Hbond substituents is 2. The van der Waals surface area contributed by atoms with Gasteiger partial charge >= 0.3 is 5.69 Å². The second kappa shape index (κ2) is 5.17. The molecule has 3 N–H and O–H groups in total. The Hall–Kier alpha value is -3.42. The molecule has 2 aromatic carbocycles. The van der Waals surface area contributed by atoms with Crippen molar-refractivity contribution >= 4 is 5.69 Å². The molecule has 3 rings (SSSR count). The summed E-state index contributed by atoms with van der Waals surface area (Å²) < 4.78 is 0. The first-order valence-electron chi connectivity index (χ1n) is 6.24. The van der Waals surface area contributed by atoms with E-state index in [0.717, 1.165) is 0 Å². The third-order valence-electron chi connectivity index (χ3n) is 3.06. The van der Waals surface area contributed by atoms with Crippen molar-refractivity contribution in [3.8, 4) is 34.3 Å². The predicted molar refractivity (Wildman–Crippen MR) is 77.2 cm³/mol. The summed E-state index contributed by atoms with van der Waals surface area (Å²) in [6, 6.07) is 10.3. The lowest BCUT2D eigenvalue weighted by molar-refractivity contribution is -0.385. The largest absolute Gasteiger partial charge is 0.508 e. The molecule has 0 bridgehead atoms. The molecule has 8 nitrogen and oxygen atoms in total. The molecule has 22 heavy (non-hydrogen) atoms. The average Bonchev–Trinajstić information content (AvgIpc) is 2.98. The summed E-state index contributed by atoms with van der Waals surface area (Å²) in [5.41, 5.74) is 0.712. The summed E-state index contributed by atoms with van der Waals surface area (Å²) >= 11 is 0. The van der Waals surface area contributed by atoms with Crippen molar-refractivity contribution < 1.29 is 15.1 Å². The zero-order valence-electron chi connectivity index (χ0n) is 11.1. The van der Waals surface area contributed by atoms with Crippen LogP contribution in [-0.2, 0) is 0 Å². The third kappa shape index (κ3) is 2.44. The first kappa shape index (κ1) is 13.6. The Kier molecular flexibility index (Phi) is 3.18. The zero-order chi connectivity index (χ0) is 15.7. The normalized spacial score (nSPS) is 10.5. The Morgan fingerprint density at radius 1 is 1.05 bits per heavy atom. The summed E-state index contributed by atoms with van der Waals surface area (Å²) in [6.07, 6.45) is 0. The van der Waals surface area contributed by atoms with Gasteiger partial charge in [0.1, 0.15) is 5.75 Å². The number of rotatable bonds is 3. The maximum Gasteiger partial charge on any atom is 0.311 e. The van der Waals surface area contributed by atoms with E-state index in [1.807, 2.05) is 0 Å². The lowest BCUT2D eigenvalue weighted by Crippen LogP contribution is -1.90. The highest BCUT2D eigenvalue weighted by atomic mass is 16.6. The number of hydrogen-bond donors (Lipinski definition) is 3. The SMILES string of the molecule is O=[N+]([O-])c1cc(-c2n[nH]c(-c3ccc(O)cc3)n2)ccc1O. The lowest BCUT2D eigenvalue weighted by atomic mass is 10.1. The van der Waals surface area contributed by atoms with Crippen LogP contribution in [0, 0.1) is 10.1 Å². The third-order valence-corrected chi connectivity index (χ3v) is 3.06. The standard InChI is InChI=1S/C14H10N4O4/c19-10-4-1-8(2-5-10)13-15-14(17-16-13)9-3-6-12(20)11(7-9)18(21)22/h1-7,19-20H,(H,15,16,17). The second-order valence-electron chi connectivity index (χ2n) is 4.52. The van der Waals surface area contributed by atoms with Crippen LogP contribution < -0.4 is 0 Å². The molecule has 110 valence electrons. The second-order valence-corrected chi connectivity index (χ2v) is 4.52. The van der Waals surface area contributed by atoms with Gasteiger partial charge in [0.25, 0.3) is 0 Å². The molecule has 0 aliphatic heterocycles. The van der Waals surface area contributed by atoms with Crippen LogP contribution in [0.25, 0.3) is 22.8 Å². The molecule has 0 atom stereocenters. The van der Waals surface area contributed by atoms with Crippen LogP contribution in [0.2, 0.25) is 0 Å². The molecular formula is C14H10N4O4. The number of nitro benzene ring substituents is 1. The number of nitro groups is 1. The fraction of sp³-hybridized carbons (Fsp3) is 0. The van der Waals surface area contributed by atoms with E-state index in [-0.39, 0.29) is 11.6 Å². The summed E-state index contributed by atoms with van der Waals surface area (Å²) in [5, 5.41) is 36.3. The van der Waals surface area contributed by atoms with Crippen molar-refractivity contribution in [2.24, 2.45) is 0 Å². The minimum atomic E-state index is -0.674. The van der Waals surface area contributed by atoms with Crippen LogP contribution >= 0.6 is 0 Å².